The molecule has 0 aliphatic carbocycles. The van der Waals surface area contributed by atoms with Gasteiger partial charge in [-0.05, 0) is 145 Å². The lowest BCUT2D eigenvalue weighted by Crippen LogP contribution is -2.41. The van der Waals surface area contributed by atoms with Crippen LogP contribution in [-0.4, -0.2) is 107 Å². The van der Waals surface area contributed by atoms with Gasteiger partial charge in [-0.1, -0.05) is 190 Å². The maximum Gasteiger partial charge on any atom is 0.573 e. The lowest BCUT2D eigenvalue weighted by atomic mass is 9.69. The van der Waals surface area contributed by atoms with E-state index in [-0.39, 0.29) is 22.4 Å². The number of aldehydes is 1. The summed E-state index contributed by atoms with van der Waals surface area (Å²) >= 11 is 16.5. The molecule has 12 rings (SSSR count). The van der Waals surface area contributed by atoms with Gasteiger partial charge in [-0.3, -0.25) is 9.59 Å². The molecule has 5 N–H and O–H groups in total. The number of aliphatic hydroxyl groups excluding tert-OH is 1. The summed E-state index contributed by atoms with van der Waals surface area (Å²) in [5, 5.41) is 50.1. The number of rotatable bonds is 13. The normalized spacial score (nSPS) is 12.4. The smallest absolute Gasteiger partial charge is 0.423 e. The third-order valence-corrected chi connectivity index (χ3v) is 17.6. The number of benzene rings is 7. The molecule has 12 aromatic rings. The molecule has 0 saturated heterocycles. The van der Waals surface area contributed by atoms with Gasteiger partial charge in [0.05, 0.1) is 10.0 Å². The molecule has 0 radical (unpaired) electrons. The Balaban J connectivity index is 0.000000205. The number of halogens is 11. The first kappa shape index (κ1) is 87.6. The Hall–Kier alpha value is -9.28. The van der Waals surface area contributed by atoms with Gasteiger partial charge in [-0.2, -0.15) is 0 Å². The molecule has 0 aliphatic heterocycles. The number of ether oxygens (including phenoxy) is 2. The van der Waals surface area contributed by atoms with E-state index in [1.807, 2.05) is 126 Å². The second-order valence-electron chi connectivity index (χ2n) is 24.6. The highest BCUT2D eigenvalue weighted by atomic mass is 79.9. The molecule has 3 unspecified atom stereocenters. The maximum atomic E-state index is 12.3. The Labute approximate surface area is 661 Å². The number of hydrogen-bond donors (Lipinski definition) is 5. The van der Waals surface area contributed by atoms with Crippen LogP contribution in [-0.2, 0) is 11.2 Å². The third kappa shape index (κ3) is 27.7. The van der Waals surface area contributed by atoms with Gasteiger partial charge in [0.2, 0.25) is 0 Å². The van der Waals surface area contributed by atoms with Crippen molar-refractivity contribution in [2.45, 2.75) is 71.6 Å². The first-order valence-corrected chi connectivity index (χ1v) is 35.7. The molecule has 0 bridgehead atoms. The highest BCUT2D eigenvalue weighted by Crippen LogP contribution is 2.46. The van der Waals surface area contributed by atoms with Crippen LogP contribution in [0, 0.1) is 10.8 Å². The van der Waals surface area contributed by atoms with Gasteiger partial charge in [0, 0.05) is 108 Å². The van der Waals surface area contributed by atoms with Gasteiger partial charge in [-0.15, -0.1) is 26.3 Å². The van der Waals surface area contributed by atoms with E-state index in [1.54, 1.807) is 98.1 Å². The molecule has 31 heteroatoms. The summed E-state index contributed by atoms with van der Waals surface area (Å²) in [4.78, 5) is 60.9. The number of aliphatic hydroxyl groups is 3. The van der Waals surface area contributed by atoms with Crippen LogP contribution in [0.2, 0.25) is 0 Å². The van der Waals surface area contributed by atoms with Crippen LogP contribution in [0.4, 0.5) is 26.3 Å². The minimum atomic E-state index is -4.74. The Morgan fingerprint density at radius 1 is 0.389 bits per heavy atom. The fourth-order valence-corrected chi connectivity index (χ4v) is 10.9. The van der Waals surface area contributed by atoms with Crippen molar-refractivity contribution in [3.05, 3.63) is 336 Å². The number of alkyl halides is 6. The molecule has 560 valence electrons. The fourth-order valence-electron chi connectivity index (χ4n) is 9.62. The second kappa shape index (κ2) is 41.3. The first-order valence-electron chi connectivity index (χ1n) is 31.8. The van der Waals surface area contributed by atoms with E-state index in [0.29, 0.717) is 38.9 Å². The number of ketones is 1. The topological polar surface area (TPSA) is 283 Å². The summed E-state index contributed by atoms with van der Waals surface area (Å²) in [5.41, 5.74) is 4.38. The van der Waals surface area contributed by atoms with Crippen LogP contribution in [0.25, 0.3) is 11.1 Å². The van der Waals surface area contributed by atoms with Crippen LogP contribution in [0.5, 0.6) is 11.5 Å². The Kier molecular flexibility index (Phi) is 33.5. The summed E-state index contributed by atoms with van der Waals surface area (Å²) in [6.07, 6.45) is 14.0. The monoisotopic (exact) mass is 1800 g/mol. The average Bonchev–Trinajstić information content (AvgIpc) is 0.762. The molecule has 7 aromatic carbocycles. The first-order chi connectivity index (χ1) is 51.0. The summed E-state index contributed by atoms with van der Waals surface area (Å²) in [5.74, 6) is -0.742. The van der Waals surface area contributed by atoms with Crippen molar-refractivity contribution >= 4 is 104 Å². The van der Waals surface area contributed by atoms with Crippen molar-refractivity contribution < 1.29 is 70.8 Å². The highest BCUT2D eigenvalue weighted by Gasteiger charge is 2.45. The molecule has 0 fully saturated rings. The SMILES string of the molecule is Brc1cncnc1.CC(C)(C)C(O)(c1ccc(-c2ccc(OC(F)(F)F)cc2)cc1)c1cncnc1.CC(C)(C)C(O)(c1ccc(Br)cc1)c1cncnc1.O=C(c1ccc(Br)cc1)c1cncnc1.O=Cc1ccc(Br)cc1.OB(O)c1ccc(OC(F)(F)F)cc1.OC(c1ccc(Br)cc1)c1cncnc1. The van der Waals surface area contributed by atoms with E-state index in [2.05, 4.69) is 139 Å². The number of nitrogens with zero attached hydrogens (tertiary/aromatic N) is 10. The molecular formula is C77H68BBr5F6N10O9. The van der Waals surface area contributed by atoms with Crippen LogP contribution in [0.1, 0.15) is 107 Å². The molecule has 5 heterocycles. The fraction of sp³-hybridized carbons (Fsp3) is 0.169. The predicted octanol–water partition coefficient (Wildman–Crippen LogP) is 17.4. The van der Waals surface area contributed by atoms with Crippen molar-refractivity contribution in [2.24, 2.45) is 10.8 Å². The van der Waals surface area contributed by atoms with Gasteiger partial charge in [0.1, 0.15) is 66.7 Å². The van der Waals surface area contributed by atoms with Gasteiger partial charge in [0.25, 0.3) is 0 Å². The quantitative estimate of drug-likeness (QED) is 0.0310. The lowest BCUT2D eigenvalue weighted by Gasteiger charge is -2.40. The van der Waals surface area contributed by atoms with E-state index < -0.39 is 48.3 Å². The maximum absolute atomic E-state index is 12.3. The number of hydrogen-bond acceptors (Lipinski definition) is 19. The van der Waals surface area contributed by atoms with Gasteiger partial charge in [-0.25, -0.2) is 49.8 Å². The van der Waals surface area contributed by atoms with E-state index >= 15 is 0 Å². The summed E-state index contributed by atoms with van der Waals surface area (Å²) in [7, 11) is -1.70. The minimum absolute atomic E-state index is 0.0666. The van der Waals surface area contributed by atoms with Gasteiger partial charge >= 0.3 is 19.8 Å². The number of carbonyl (C=O) groups is 2. The minimum Gasteiger partial charge on any atom is -0.423 e. The third-order valence-electron chi connectivity index (χ3n) is 15.1. The molecule has 19 nitrogen and oxygen atoms in total. The van der Waals surface area contributed by atoms with Gasteiger partial charge < -0.3 is 34.8 Å². The molecule has 0 spiro atoms. The van der Waals surface area contributed by atoms with Crippen LogP contribution in [0.15, 0.2) is 286 Å². The summed E-state index contributed by atoms with van der Waals surface area (Å²) < 4.78 is 84.2. The molecule has 108 heavy (non-hydrogen) atoms. The van der Waals surface area contributed by atoms with Crippen molar-refractivity contribution in [1.82, 2.24) is 49.8 Å². The van der Waals surface area contributed by atoms with E-state index in [4.69, 9.17) is 10.0 Å². The van der Waals surface area contributed by atoms with E-state index in [0.717, 1.165) is 75.2 Å². The lowest BCUT2D eigenvalue weighted by molar-refractivity contribution is -0.275. The molecule has 3 atom stereocenters. The Morgan fingerprint density at radius 2 is 0.704 bits per heavy atom. The van der Waals surface area contributed by atoms with Crippen molar-refractivity contribution in [3.63, 3.8) is 0 Å². The summed E-state index contributed by atoms with van der Waals surface area (Å²) in [6, 6.07) is 46.7. The number of carbonyl (C=O) groups excluding carboxylic acids is 2. The van der Waals surface area contributed by atoms with Crippen molar-refractivity contribution in [2.75, 3.05) is 0 Å². The highest BCUT2D eigenvalue weighted by molar-refractivity contribution is 9.11. The molecular weight excluding hydrogens is 1730 g/mol. The average molecular weight is 1800 g/mol. The van der Waals surface area contributed by atoms with Crippen LogP contribution < -0.4 is 14.9 Å². The molecule has 5 aromatic heterocycles. The molecule has 0 amide bonds. The Morgan fingerprint density at radius 3 is 1.05 bits per heavy atom. The van der Waals surface area contributed by atoms with E-state index in [1.165, 1.54) is 56.2 Å². The van der Waals surface area contributed by atoms with E-state index in [9.17, 15) is 51.3 Å². The predicted molar refractivity (Wildman–Crippen MR) is 414 cm³/mol. The van der Waals surface area contributed by atoms with Crippen molar-refractivity contribution in [3.8, 4) is 22.6 Å². The van der Waals surface area contributed by atoms with Crippen molar-refractivity contribution in [1.29, 1.82) is 0 Å². The zero-order valence-electron chi connectivity index (χ0n) is 58.1. The van der Waals surface area contributed by atoms with Crippen LogP contribution in [0.3, 0.4) is 0 Å². The van der Waals surface area contributed by atoms with Gasteiger partial charge in [0.15, 0.2) is 5.78 Å². The second-order valence-corrected chi connectivity index (χ2v) is 29.2. The Bertz CT molecular complexity index is 4650. The molecule has 0 aliphatic rings. The summed E-state index contributed by atoms with van der Waals surface area (Å²) in [6.45, 7) is 11.8. The molecule has 0 saturated carbocycles. The largest absolute Gasteiger partial charge is 0.573 e. The van der Waals surface area contributed by atoms with Crippen LogP contribution >= 0.6 is 79.6 Å². The standard InChI is InChI=1S/C22H21F3N2O2.C15H17BrN2O.C11H9BrN2O.C11H7BrN2O.C7H6BF3O3.C7H5BrO.C4H3BrN2/c1-20(2,3)21(28,18-12-26-14-27-13-18)17-8-4-15(5-9-17)16-6-10-19(11-7-16)29-22(23,24)25;1-14(2,3)15(19,12-8-17-10-18-9-12)11-4-6-13(16)7-5-11;2*12-10-3-1-8(2-4-10)11(15)9-5-13-7-14-6-9;9-7(10,11)14-6-3-1-5(2-4-6)8(12)13;8-7-3-1-6(5-9)2-4-7;5-4-1-6-3-7-2-4/h4-14,28H,1-3H3;4-10,19H,1-3H3;1-7,11,15H;1-7H;1-4,12-13H;1-5H;1-3H. The zero-order chi connectivity index (χ0) is 79.3. The number of aromatic nitrogens is 10. The zero-order valence-corrected chi connectivity index (χ0v) is 66.0.